The van der Waals surface area contributed by atoms with Crippen LogP contribution in [0.5, 0.6) is 5.75 Å². The number of esters is 1. The van der Waals surface area contributed by atoms with E-state index in [0.717, 1.165) is 66.1 Å². The average molecular weight is 531 g/mol. The Morgan fingerprint density at radius 3 is 2.15 bits per heavy atom. The van der Waals surface area contributed by atoms with Crippen molar-refractivity contribution in [1.82, 2.24) is 0 Å². The molecule has 2 aromatic carbocycles. The Morgan fingerprint density at radius 2 is 1.54 bits per heavy atom. The molecule has 0 bridgehead atoms. The third-order valence-corrected chi connectivity index (χ3v) is 9.44. The maximum Gasteiger partial charge on any atom is 0.338 e. The van der Waals surface area contributed by atoms with E-state index in [-0.39, 0.29) is 18.0 Å². The fourth-order valence-corrected chi connectivity index (χ4v) is 6.64. The topological polar surface area (TPSA) is 35.5 Å². The highest BCUT2D eigenvalue weighted by atomic mass is 16.5. The van der Waals surface area contributed by atoms with E-state index in [0.29, 0.717) is 5.56 Å². The molecule has 39 heavy (non-hydrogen) atoms. The molecule has 2 aromatic rings. The van der Waals surface area contributed by atoms with E-state index >= 15 is 0 Å². The van der Waals surface area contributed by atoms with E-state index in [9.17, 15) is 4.79 Å². The third-order valence-electron chi connectivity index (χ3n) is 9.44. The number of benzene rings is 2. The lowest BCUT2D eigenvalue weighted by Gasteiger charge is -2.37. The number of ether oxygens (including phenoxy) is 2. The number of carbonyl (C=O) groups excluding carboxylic acids is 1. The second kappa shape index (κ2) is 14.7. The predicted octanol–water partition coefficient (Wildman–Crippen LogP) is 10.1. The van der Waals surface area contributed by atoms with Crippen LogP contribution in [0.25, 0.3) is 11.1 Å². The lowest BCUT2D eigenvalue weighted by atomic mass is 9.70. The number of rotatable bonds is 12. The molecule has 0 spiro atoms. The molecule has 2 aliphatic carbocycles. The summed E-state index contributed by atoms with van der Waals surface area (Å²) in [7, 11) is 0. The Labute approximate surface area is 237 Å². The maximum absolute atomic E-state index is 12.9. The van der Waals surface area contributed by atoms with Gasteiger partial charge in [-0.1, -0.05) is 77.2 Å². The predicted molar refractivity (Wildman–Crippen MR) is 162 cm³/mol. The van der Waals surface area contributed by atoms with Crippen LogP contribution in [0.15, 0.2) is 55.1 Å². The molecule has 0 aliphatic heterocycles. The monoisotopic (exact) mass is 530 g/mol. The standard InChI is InChI=1S/C36H50O3/c1-5-8-9-24-38-35-23-20-32(25-34(35)26(4)6-2)30-14-16-31(17-15-30)36(37)39-33-21-18-29(19-22-33)28-12-10-27(7-3)11-13-28/h6,14-17,20,23,25-29,33H,2,5,7-13,18-19,21-22,24H2,1,3-4H3/t26?,27-,28-,29-,33-. The highest BCUT2D eigenvalue weighted by molar-refractivity contribution is 5.90. The van der Waals surface area contributed by atoms with Gasteiger partial charge in [0.25, 0.3) is 0 Å². The molecule has 4 rings (SSSR count). The van der Waals surface area contributed by atoms with Crippen molar-refractivity contribution in [2.45, 2.75) is 110 Å². The van der Waals surface area contributed by atoms with E-state index in [1.165, 1.54) is 57.8 Å². The molecule has 3 nitrogen and oxygen atoms in total. The molecule has 2 aliphatic rings. The van der Waals surface area contributed by atoms with Crippen LogP contribution >= 0.6 is 0 Å². The highest BCUT2D eigenvalue weighted by Gasteiger charge is 2.31. The fourth-order valence-electron chi connectivity index (χ4n) is 6.64. The minimum atomic E-state index is -0.190. The molecule has 0 saturated heterocycles. The Kier molecular flexibility index (Phi) is 11.1. The normalized spacial score (nSPS) is 24.1. The first-order valence-corrected chi connectivity index (χ1v) is 15.7. The lowest BCUT2D eigenvalue weighted by molar-refractivity contribution is 0.0110. The number of hydrogen-bond donors (Lipinski definition) is 0. The summed E-state index contributed by atoms with van der Waals surface area (Å²) in [5.41, 5.74) is 3.98. The zero-order valence-corrected chi connectivity index (χ0v) is 24.6. The van der Waals surface area contributed by atoms with Crippen LogP contribution in [0, 0.1) is 17.8 Å². The molecule has 1 unspecified atom stereocenters. The molecule has 0 aromatic heterocycles. The van der Waals surface area contributed by atoms with E-state index in [2.05, 4.69) is 45.5 Å². The summed E-state index contributed by atoms with van der Waals surface area (Å²) in [6, 6.07) is 14.2. The van der Waals surface area contributed by atoms with Crippen molar-refractivity contribution in [2.75, 3.05) is 6.61 Å². The average Bonchev–Trinajstić information content (AvgIpc) is 2.99. The quantitative estimate of drug-likeness (QED) is 0.156. The van der Waals surface area contributed by atoms with Crippen LogP contribution < -0.4 is 4.74 Å². The van der Waals surface area contributed by atoms with Gasteiger partial charge in [-0.2, -0.15) is 0 Å². The van der Waals surface area contributed by atoms with Gasteiger partial charge in [-0.3, -0.25) is 0 Å². The van der Waals surface area contributed by atoms with Gasteiger partial charge in [0, 0.05) is 11.5 Å². The molecule has 0 radical (unpaired) electrons. The zero-order chi connectivity index (χ0) is 27.6. The first kappa shape index (κ1) is 29.4. The molecule has 0 N–H and O–H groups in total. The van der Waals surface area contributed by atoms with Gasteiger partial charge >= 0.3 is 5.97 Å². The maximum atomic E-state index is 12.9. The molecular weight excluding hydrogens is 480 g/mol. The van der Waals surface area contributed by atoms with Crippen molar-refractivity contribution in [3.63, 3.8) is 0 Å². The smallest absolute Gasteiger partial charge is 0.338 e. The van der Waals surface area contributed by atoms with Crippen molar-refractivity contribution in [1.29, 1.82) is 0 Å². The summed E-state index contributed by atoms with van der Waals surface area (Å²) in [4.78, 5) is 12.9. The van der Waals surface area contributed by atoms with Crippen LogP contribution in [-0.2, 0) is 4.74 Å². The van der Waals surface area contributed by atoms with Crippen LogP contribution in [0.1, 0.15) is 120 Å². The summed E-state index contributed by atoms with van der Waals surface area (Å²) < 4.78 is 12.1. The summed E-state index contributed by atoms with van der Waals surface area (Å²) in [5, 5.41) is 0. The molecular formula is C36H50O3. The Bertz CT molecular complexity index is 1040. The number of allylic oxidation sites excluding steroid dienone is 1. The SMILES string of the molecule is C=CC(C)c1cc(-c2ccc(C(=O)O[C@H]3CC[C@H]([C@H]4CC[C@H](CC)CC4)CC3)cc2)ccc1OCCCCC. The first-order chi connectivity index (χ1) is 19.0. The van der Waals surface area contributed by atoms with Crippen LogP contribution in [0.2, 0.25) is 0 Å². The van der Waals surface area contributed by atoms with Gasteiger partial charge in [0.2, 0.25) is 0 Å². The number of unbranched alkanes of at least 4 members (excludes halogenated alkanes) is 2. The van der Waals surface area contributed by atoms with Gasteiger partial charge in [-0.25, -0.2) is 4.79 Å². The van der Waals surface area contributed by atoms with Gasteiger partial charge < -0.3 is 9.47 Å². The lowest BCUT2D eigenvalue weighted by Crippen LogP contribution is -2.29. The van der Waals surface area contributed by atoms with E-state index in [1.807, 2.05) is 30.3 Å². The summed E-state index contributed by atoms with van der Waals surface area (Å²) >= 11 is 0. The second-order valence-electron chi connectivity index (χ2n) is 12.0. The zero-order valence-electron chi connectivity index (χ0n) is 24.6. The van der Waals surface area contributed by atoms with Crippen molar-refractivity contribution >= 4 is 5.97 Å². The third kappa shape index (κ3) is 7.99. The Hall–Kier alpha value is -2.55. The van der Waals surface area contributed by atoms with Gasteiger partial charge in [0.15, 0.2) is 0 Å². The Morgan fingerprint density at radius 1 is 0.897 bits per heavy atom. The largest absolute Gasteiger partial charge is 0.493 e. The van der Waals surface area contributed by atoms with Crippen molar-refractivity contribution in [3.05, 3.63) is 66.2 Å². The van der Waals surface area contributed by atoms with Crippen LogP contribution in [0.3, 0.4) is 0 Å². The molecule has 1 atom stereocenters. The van der Waals surface area contributed by atoms with Gasteiger partial charge in [0.05, 0.1) is 12.2 Å². The minimum absolute atomic E-state index is 0.0632. The molecule has 0 amide bonds. The molecule has 3 heteroatoms. The highest BCUT2D eigenvalue weighted by Crippen LogP contribution is 2.41. The van der Waals surface area contributed by atoms with E-state index < -0.39 is 0 Å². The van der Waals surface area contributed by atoms with Gasteiger partial charge in [-0.15, -0.1) is 6.58 Å². The first-order valence-electron chi connectivity index (χ1n) is 15.7. The van der Waals surface area contributed by atoms with Crippen molar-refractivity contribution in [2.24, 2.45) is 17.8 Å². The Balaban J connectivity index is 1.31. The number of hydrogen-bond acceptors (Lipinski definition) is 3. The van der Waals surface area contributed by atoms with Gasteiger partial charge in [-0.05, 0) is 98.1 Å². The van der Waals surface area contributed by atoms with E-state index in [4.69, 9.17) is 9.47 Å². The minimum Gasteiger partial charge on any atom is -0.493 e. The summed E-state index contributed by atoms with van der Waals surface area (Å²) in [6.45, 7) is 11.4. The van der Waals surface area contributed by atoms with Crippen molar-refractivity contribution < 1.29 is 14.3 Å². The molecule has 0 heterocycles. The molecule has 212 valence electrons. The van der Waals surface area contributed by atoms with Crippen LogP contribution in [0.4, 0.5) is 0 Å². The summed E-state index contributed by atoms with van der Waals surface area (Å²) in [6.07, 6.45) is 16.9. The van der Waals surface area contributed by atoms with Crippen molar-refractivity contribution in [3.8, 4) is 16.9 Å². The van der Waals surface area contributed by atoms with Crippen LogP contribution in [-0.4, -0.2) is 18.7 Å². The fraction of sp³-hybridized carbons (Fsp3) is 0.583. The summed E-state index contributed by atoms with van der Waals surface area (Å²) in [5.74, 6) is 3.63. The number of carbonyl (C=O) groups is 1. The second-order valence-corrected chi connectivity index (χ2v) is 12.0. The molecule has 2 saturated carbocycles. The van der Waals surface area contributed by atoms with Gasteiger partial charge in [0.1, 0.15) is 11.9 Å². The van der Waals surface area contributed by atoms with E-state index in [1.54, 1.807) is 0 Å². The molecule has 2 fully saturated rings.